The maximum absolute atomic E-state index is 10.9. The third-order valence-electron chi connectivity index (χ3n) is 2.62. The van der Waals surface area contributed by atoms with Crippen molar-refractivity contribution < 1.29 is 25.0 Å². The molecule has 18 heavy (non-hydrogen) atoms. The molecule has 7 nitrogen and oxygen atoms in total. The smallest absolute Gasteiger partial charge is 0.317 e. The van der Waals surface area contributed by atoms with Crippen molar-refractivity contribution in [3.05, 3.63) is 45.2 Å². The molecule has 3 N–H and O–H groups in total. The Kier molecular flexibility index (Phi) is 2.63. The fourth-order valence-corrected chi connectivity index (χ4v) is 1.82. The van der Waals surface area contributed by atoms with Gasteiger partial charge in [0, 0.05) is 5.56 Å². The minimum absolute atomic E-state index is 0.0259. The number of phenols is 1. The highest BCUT2D eigenvalue weighted by Gasteiger charge is 2.38. The van der Waals surface area contributed by atoms with Crippen LogP contribution in [0.5, 0.6) is 5.75 Å². The molecular formula is C11H7NO6. The number of hydrogen-bond acceptors (Lipinski definition) is 6. The van der Waals surface area contributed by atoms with Crippen LogP contribution in [-0.4, -0.2) is 32.3 Å². The quantitative estimate of drug-likeness (QED) is 0.378. The van der Waals surface area contributed by atoms with Gasteiger partial charge in [-0.05, 0) is 18.2 Å². The number of aromatic hydroxyl groups is 1. The molecule has 0 amide bonds. The van der Waals surface area contributed by atoms with Gasteiger partial charge in [-0.2, -0.15) is 0 Å². The first-order chi connectivity index (χ1) is 8.47. The van der Waals surface area contributed by atoms with Crippen molar-refractivity contribution in [1.29, 1.82) is 0 Å². The molecule has 0 aromatic heterocycles. The van der Waals surface area contributed by atoms with Gasteiger partial charge in [0.05, 0.1) is 16.1 Å². The van der Waals surface area contributed by atoms with Crippen molar-refractivity contribution in [3.8, 4) is 5.75 Å². The van der Waals surface area contributed by atoms with Gasteiger partial charge in [-0.25, -0.2) is 4.79 Å². The Hall–Kier alpha value is -2.63. The topological polar surface area (TPSA) is 121 Å². The number of benzene rings is 1. The van der Waals surface area contributed by atoms with Crippen LogP contribution in [0.2, 0.25) is 0 Å². The minimum Gasteiger partial charge on any atom is -0.508 e. The van der Waals surface area contributed by atoms with Crippen molar-refractivity contribution in [2.75, 3.05) is 0 Å². The zero-order valence-corrected chi connectivity index (χ0v) is 8.82. The zero-order valence-electron chi connectivity index (χ0n) is 8.82. The molecule has 0 radical (unpaired) electrons. The normalized spacial score (nSPS) is 18.3. The third kappa shape index (κ3) is 1.55. The van der Waals surface area contributed by atoms with Gasteiger partial charge in [0.1, 0.15) is 11.7 Å². The van der Waals surface area contributed by atoms with Crippen LogP contribution in [0.4, 0.5) is 0 Å². The van der Waals surface area contributed by atoms with Crippen molar-refractivity contribution >= 4 is 17.2 Å². The highest BCUT2D eigenvalue weighted by molar-refractivity contribution is 5.98. The maximum atomic E-state index is 10.9. The largest absolute Gasteiger partial charge is 0.508 e. The van der Waals surface area contributed by atoms with Crippen molar-refractivity contribution in [1.82, 2.24) is 0 Å². The summed E-state index contributed by atoms with van der Waals surface area (Å²) in [5, 5.41) is 39.3. The summed E-state index contributed by atoms with van der Waals surface area (Å²) in [6.45, 7) is 0. The predicted molar refractivity (Wildman–Crippen MR) is 59.8 cm³/mol. The Morgan fingerprint density at radius 1 is 1.28 bits per heavy atom. The van der Waals surface area contributed by atoms with Gasteiger partial charge in [0.15, 0.2) is 6.10 Å². The lowest BCUT2D eigenvalue weighted by atomic mass is 9.88. The molecule has 0 saturated carbocycles. The number of hydrogen-bond donors (Lipinski definition) is 3. The van der Waals surface area contributed by atoms with Crippen molar-refractivity contribution in [2.45, 2.75) is 6.10 Å². The van der Waals surface area contributed by atoms with E-state index in [0.717, 1.165) is 6.07 Å². The van der Waals surface area contributed by atoms with E-state index in [1.807, 2.05) is 0 Å². The van der Waals surface area contributed by atoms with E-state index in [2.05, 4.69) is 0 Å². The van der Waals surface area contributed by atoms with Crippen LogP contribution < -0.4 is 0 Å². The molecule has 0 saturated heterocycles. The van der Waals surface area contributed by atoms with Gasteiger partial charge in [-0.15, -0.1) is 0 Å². The van der Waals surface area contributed by atoms with E-state index in [0.29, 0.717) is 0 Å². The molecule has 1 aliphatic rings. The molecule has 0 fully saturated rings. The number of nitrogens with zero attached hydrogens (tertiary/aromatic N) is 1. The summed E-state index contributed by atoms with van der Waals surface area (Å²) in [7, 11) is 0. The number of fused-ring (bicyclic) bond motifs is 1. The highest BCUT2D eigenvalue weighted by atomic mass is 16.6. The summed E-state index contributed by atoms with van der Waals surface area (Å²) < 4.78 is 0. The molecule has 1 atom stereocenters. The van der Waals surface area contributed by atoms with Gasteiger partial charge in [-0.3, -0.25) is 10.1 Å². The summed E-state index contributed by atoms with van der Waals surface area (Å²) in [5.74, 6) is 0.272. The van der Waals surface area contributed by atoms with Gasteiger partial charge in [0.25, 0.3) is 0 Å². The number of aliphatic hydroxyl groups is 2. The number of aliphatic hydroxyl groups excluding tert-OH is 2. The Morgan fingerprint density at radius 3 is 2.50 bits per heavy atom. The van der Waals surface area contributed by atoms with Crippen LogP contribution in [0.3, 0.4) is 0 Å². The van der Waals surface area contributed by atoms with E-state index >= 15 is 0 Å². The summed E-state index contributed by atoms with van der Waals surface area (Å²) in [5.41, 5.74) is -1.14. The standard InChI is InChI=1S/C11H7NO6/c13-4-8-7-3-5(14)1-2-6(7)9(12(17)18)11(16)10(8)15/h1-3,10,14-16H. The fourth-order valence-electron chi connectivity index (χ4n) is 1.82. The van der Waals surface area contributed by atoms with E-state index < -0.39 is 22.5 Å². The van der Waals surface area contributed by atoms with E-state index in [4.69, 9.17) is 0 Å². The minimum atomic E-state index is -1.82. The highest BCUT2D eigenvalue weighted by Crippen LogP contribution is 2.37. The van der Waals surface area contributed by atoms with E-state index in [1.54, 1.807) is 0 Å². The van der Waals surface area contributed by atoms with Crippen LogP contribution in [-0.2, 0) is 4.79 Å². The molecular weight excluding hydrogens is 242 g/mol. The molecule has 0 heterocycles. The van der Waals surface area contributed by atoms with E-state index in [1.165, 1.54) is 18.1 Å². The van der Waals surface area contributed by atoms with Crippen molar-refractivity contribution in [2.24, 2.45) is 0 Å². The third-order valence-corrected chi connectivity index (χ3v) is 2.62. The van der Waals surface area contributed by atoms with Crippen LogP contribution >= 0.6 is 0 Å². The van der Waals surface area contributed by atoms with Gasteiger partial charge < -0.3 is 15.3 Å². The van der Waals surface area contributed by atoms with Crippen LogP contribution in [0.1, 0.15) is 11.1 Å². The van der Waals surface area contributed by atoms with Crippen molar-refractivity contribution in [3.63, 3.8) is 0 Å². The Morgan fingerprint density at radius 2 is 1.94 bits per heavy atom. The molecule has 0 bridgehead atoms. The first-order valence-electron chi connectivity index (χ1n) is 4.81. The Balaban J connectivity index is 2.85. The lowest BCUT2D eigenvalue weighted by Gasteiger charge is -2.19. The Bertz CT molecular complexity index is 626. The molecule has 1 aromatic rings. The number of nitro groups is 1. The SMILES string of the molecule is O=C=C1c2cc(O)ccc2C([N+](=O)[O-])=C(O)C1O. The molecule has 7 heteroatoms. The monoisotopic (exact) mass is 249 g/mol. The molecule has 1 aliphatic carbocycles. The molecule has 0 spiro atoms. The maximum Gasteiger partial charge on any atom is 0.317 e. The number of rotatable bonds is 1. The summed E-state index contributed by atoms with van der Waals surface area (Å²) in [6.07, 6.45) is -1.82. The number of carbonyl (C=O) groups excluding carboxylic acids is 1. The molecule has 0 aliphatic heterocycles. The lowest BCUT2D eigenvalue weighted by Crippen LogP contribution is -2.23. The average Bonchev–Trinajstić information content (AvgIpc) is 2.31. The van der Waals surface area contributed by atoms with Gasteiger partial charge in [0.2, 0.25) is 5.76 Å². The first-order valence-corrected chi connectivity index (χ1v) is 4.81. The molecule has 92 valence electrons. The summed E-state index contributed by atoms with van der Waals surface area (Å²) in [4.78, 5) is 20.8. The van der Waals surface area contributed by atoms with Gasteiger partial charge >= 0.3 is 5.70 Å². The Labute approximate surface area is 100 Å². The second-order valence-corrected chi connectivity index (χ2v) is 3.64. The lowest BCUT2D eigenvalue weighted by molar-refractivity contribution is -0.378. The number of phenolic OH excluding ortho intramolecular Hbond substituents is 1. The zero-order chi connectivity index (χ0) is 13.4. The molecule has 2 rings (SSSR count). The molecule has 1 unspecified atom stereocenters. The fraction of sp³-hybridized carbons (Fsp3) is 0.0909. The first kappa shape index (κ1) is 11.8. The second-order valence-electron chi connectivity index (χ2n) is 3.64. The van der Waals surface area contributed by atoms with Crippen LogP contribution in [0, 0.1) is 10.1 Å². The van der Waals surface area contributed by atoms with E-state index in [9.17, 15) is 30.2 Å². The summed E-state index contributed by atoms with van der Waals surface area (Å²) in [6, 6.07) is 3.45. The molecule has 1 aromatic carbocycles. The van der Waals surface area contributed by atoms with Crippen LogP contribution in [0.25, 0.3) is 11.3 Å². The second kappa shape index (κ2) is 3.99. The van der Waals surface area contributed by atoms with Gasteiger partial charge in [-0.1, -0.05) is 0 Å². The van der Waals surface area contributed by atoms with Crippen LogP contribution in [0.15, 0.2) is 24.0 Å². The average molecular weight is 249 g/mol. The van der Waals surface area contributed by atoms with E-state index in [-0.39, 0.29) is 22.4 Å². The predicted octanol–water partition coefficient (Wildman–Crippen LogP) is 0.485. The summed E-state index contributed by atoms with van der Waals surface area (Å²) >= 11 is 0.